The molecule has 0 bridgehead atoms. The van der Waals surface area contributed by atoms with Crippen LogP contribution < -0.4 is 10.1 Å². The molecule has 1 heterocycles. The van der Waals surface area contributed by atoms with Gasteiger partial charge in [0.15, 0.2) is 0 Å². The van der Waals surface area contributed by atoms with Crippen molar-refractivity contribution in [3.05, 3.63) is 24.3 Å². The maximum atomic E-state index is 12.1. The highest BCUT2D eigenvalue weighted by atomic mass is 19.3. The number of urea groups is 1. The fraction of sp³-hybridized carbons (Fsp3) is 0.375. The standard InChI is InChI=1S/C16H17F2N3O5/c1-9(2)7-20-13(23)14(24)21(16(20)25)8-12(22)19-10-3-5-11(6-4-10)26-15(17)18/h3-6,9,15H,7-8H2,1-2H3,(H,19,22). The number of nitrogens with one attached hydrogen (secondary N) is 1. The minimum Gasteiger partial charge on any atom is -0.435 e. The molecule has 1 fully saturated rings. The van der Waals surface area contributed by atoms with E-state index in [-0.39, 0.29) is 23.9 Å². The molecule has 5 amide bonds. The van der Waals surface area contributed by atoms with Crippen LogP contribution in [0.5, 0.6) is 5.75 Å². The minimum absolute atomic E-state index is 0.0292. The summed E-state index contributed by atoms with van der Waals surface area (Å²) in [4.78, 5) is 49.2. The average molecular weight is 369 g/mol. The number of hydrogen-bond donors (Lipinski definition) is 1. The van der Waals surface area contributed by atoms with Crippen molar-refractivity contribution in [1.29, 1.82) is 0 Å². The van der Waals surface area contributed by atoms with Crippen LogP contribution in [0.3, 0.4) is 0 Å². The first-order valence-electron chi connectivity index (χ1n) is 7.71. The normalized spacial score (nSPS) is 14.6. The number of benzene rings is 1. The molecule has 0 radical (unpaired) electrons. The molecule has 0 spiro atoms. The van der Waals surface area contributed by atoms with E-state index in [1.807, 2.05) is 0 Å². The molecular weight excluding hydrogens is 352 g/mol. The van der Waals surface area contributed by atoms with Gasteiger partial charge in [0.05, 0.1) is 0 Å². The largest absolute Gasteiger partial charge is 0.435 e. The molecule has 1 aromatic carbocycles. The monoisotopic (exact) mass is 369 g/mol. The predicted molar refractivity (Wildman–Crippen MR) is 85.4 cm³/mol. The number of anilines is 1. The van der Waals surface area contributed by atoms with E-state index in [4.69, 9.17) is 0 Å². The van der Waals surface area contributed by atoms with Gasteiger partial charge in [-0.3, -0.25) is 19.3 Å². The Hall–Kier alpha value is -3.04. The van der Waals surface area contributed by atoms with E-state index in [0.717, 1.165) is 4.90 Å². The Morgan fingerprint density at radius 2 is 1.65 bits per heavy atom. The second-order valence-electron chi connectivity index (χ2n) is 5.93. The Kier molecular flexibility index (Phi) is 5.86. The van der Waals surface area contributed by atoms with Crippen molar-refractivity contribution in [2.24, 2.45) is 5.92 Å². The van der Waals surface area contributed by atoms with Gasteiger partial charge in [0.2, 0.25) is 5.91 Å². The summed E-state index contributed by atoms with van der Waals surface area (Å²) in [7, 11) is 0. The lowest BCUT2D eigenvalue weighted by molar-refractivity contribution is -0.143. The number of imide groups is 2. The van der Waals surface area contributed by atoms with Gasteiger partial charge < -0.3 is 10.1 Å². The maximum absolute atomic E-state index is 12.1. The van der Waals surface area contributed by atoms with E-state index < -0.39 is 36.9 Å². The van der Waals surface area contributed by atoms with Gasteiger partial charge in [-0.25, -0.2) is 9.69 Å². The Balaban J connectivity index is 1.98. The molecule has 0 aliphatic carbocycles. The van der Waals surface area contributed by atoms with Crippen LogP contribution in [-0.4, -0.2) is 53.3 Å². The van der Waals surface area contributed by atoms with E-state index in [1.54, 1.807) is 13.8 Å². The van der Waals surface area contributed by atoms with Crippen molar-refractivity contribution >= 4 is 29.4 Å². The molecule has 1 aromatic rings. The Morgan fingerprint density at radius 3 is 2.19 bits per heavy atom. The van der Waals surface area contributed by atoms with Crippen LogP contribution in [0.15, 0.2) is 24.3 Å². The Labute approximate surface area is 147 Å². The van der Waals surface area contributed by atoms with Gasteiger partial charge in [-0.1, -0.05) is 13.8 Å². The lowest BCUT2D eigenvalue weighted by Crippen LogP contribution is -2.39. The number of ether oxygens (including phenoxy) is 1. The molecule has 0 aromatic heterocycles. The summed E-state index contributed by atoms with van der Waals surface area (Å²) in [5.41, 5.74) is 0.251. The maximum Gasteiger partial charge on any atom is 0.387 e. The molecule has 2 rings (SSSR count). The smallest absolute Gasteiger partial charge is 0.387 e. The van der Waals surface area contributed by atoms with Gasteiger partial charge in [-0.2, -0.15) is 8.78 Å². The lowest BCUT2D eigenvalue weighted by atomic mass is 10.2. The molecule has 0 saturated carbocycles. The van der Waals surface area contributed by atoms with Gasteiger partial charge in [-0.05, 0) is 30.2 Å². The third-order valence-corrected chi connectivity index (χ3v) is 3.35. The van der Waals surface area contributed by atoms with E-state index >= 15 is 0 Å². The summed E-state index contributed by atoms with van der Waals surface area (Å²) in [6, 6.07) is 4.24. The number of amides is 5. The second kappa shape index (κ2) is 7.89. The topological polar surface area (TPSA) is 96.0 Å². The van der Waals surface area contributed by atoms with E-state index in [2.05, 4.69) is 10.1 Å². The molecule has 26 heavy (non-hydrogen) atoms. The molecule has 140 valence electrons. The quantitative estimate of drug-likeness (QED) is 0.583. The average Bonchev–Trinajstić information content (AvgIpc) is 2.74. The van der Waals surface area contributed by atoms with Crippen LogP contribution in [0.4, 0.5) is 19.3 Å². The van der Waals surface area contributed by atoms with Crippen molar-refractivity contribution in [2.75, 3.05) is 18.4 Å². The predicted octanol–water partition coefficient (Wildman–Crippen LogP) is 1.67. The van der Waals surface area contributed by atoms with Crippen LogP contribution in [0.1, 0.15) is 13.8 Å². The van der Waals surface area contributed by atoms with Gasteiger partial charge in [0, 0.05) is 12.2 Å². The molecule has 1 N–H and O–H groups in total. The SMILES string of the molecule is CC(C)CN1C(=O)C(=O)N(CC(=O)Nc2ccc(OC(F)F)cc2)C1=O. The number of nitrogens with zero attached hydrogens (tertiary/aromatic N) is 2. The van der Waals surface area contributed by atoms with Gasteiger partial charge in [0.1, 0.15) is 12.3 Å². The highest BCUT2D eigenvalue weighted by Gasteiger charge is 2.45. The zero-order valence-electron chi connectivity index (χ0n) is 14.1. The van der Waals surface area contributed by atoms with Crippen molar-refractivity contribution < 1.29 is 32.7 Å². The summed E-state index contributed by atoms with van der Waals surface area (Å²) >= 11 is 0. The van der Waals surface area contributed by atoms with Crippen molar-refractivity contribution in [1.82, 2.24) is 9.80 Å². The van der Waals surface area contributed by atoms with Crippen LogP contribution >= 0.6 is 0 Å². The number of hydrogen-bond acceptors (Lipinski definition) is 5. The molecule has 1 aliphatic heterocycles. The molecule has 1 saturated heterocycles. The van der Waals surface area contributed by atoms with Crippen molar-refractivity contribution in [3.8, 4) is 5.75 Å². The molecule has 8 nitrogen and oxygen atoms in total. The van der Waals surface area contributed by atoms with E-state index in [0.29, 0.717) is 4.90 Å². The number of rotatable bonds is 7. The van der Waals surface area contributed by atoms with Crippen LogP contribution in [0.2, 0.25) is 0 Å². The first-order valence-corrected chi connectivity index (χ1v) is 7.71. The lowest BCUT2D eigenvalue weighted by Gasteiger charge is -2.16. The Morgan fingerprint density at radius 1 is 1.08 bits per heavy atom. The number of carbonyl (C=O) groups is 4. The summed E-state index contributed by atoms with van der Waals surface area (Å²) < 4.78 is 28.3. The minimum atomic E-state index is -2.96. The number of halogens is 2. The fourth-order valence-electron chi connectivity index (χ4n) is 2.28. The Bertz CT molecular complexity index is 721. The van der Waals surface area contributed by atoms with Gasteiger partial charge in [-0.15, -0.1) is 0 Å². The van der Waals surface area contributed by atoms with Crippen molar-refractivity contribution in [3.63, 3.8) is 0 Å². The molecule has 1 aliphatic rings. The van der Waals surface area contributed by atoms with E-state index in [1.165, 1.54) is 24.3 Å². The van der Waals surface area contributed by atoms with Crippen molar-refractivity contribution in [2.45, 2.75) is 20.5 Å². The summed E-state index contributed by atoms with van der Waals surface area (Å²) in [5.74, 6) is -2.86. The first kappa shape index (κ1) is 19.3. The molecular formula is C16H17F2N3O5. The third kappa shape index (κ3) is 4.52. The number of alkyl halides is 2. The van der Waals surface area contributed by atoms with E-state index in [9.17, 15) is 28.0 Å². The van der Waals surface area contributed by atoms with Gasteiger partial charge >= 0.3 is 24.5 Å². The highest BCUT2D eigenvalue weighted by Crippen LogP contribution is 2.18. The van der Waals surface area contributed by atoms with Crippen LogP contribution in [0.25, 0.3) is 0 Å². The molecule has 0 unspecified atom stereocenters. The summed E-state index contributed by atoms with van der Waals surface area (Å²) in [5, 5.41) is 2.40. The van der Waals surface area contributed by atoms with Crippen LogP contribution in [0, 0.1) is 5.92 Å². The first-order chi connectivity index (χ1) is 12.2. The summed E-state index contributed by atoms with van der Waals surface area (Å²) in [6.07, 6.45) is 0. The number of carbonyl (C=O) groups excluding carboxylic acids is 4. The van der Waals surface area contributed by atoms with Crippen LogP contribution in [-0.2, 0) is 14.4 Å². The molecule has 10 heteroatoms. The highest BCUT2D eigenvalue weighted by molar-refractivity contribution is 6.45. The molecule has 0 atom stereocenters. The third-order valence-electron chi connectivity index (χ3n) is 3.35. The zero-order chi connectivity index (χ0) is 19.4. The summed E-state index contributed by atoms with van der Waals surface area (Å²) in [6.45, 7) is 0.0401. The zero-order valence-corrected chi connectivity index (χ0v) is 14.1. The second-order valence-corrected chi connectivity index (χ2v) is 5.93. The fourth-order valence-corrected chi connectivity index (χ4v) is 2.28. The van der Waals surface area contributed by atoms with Gasteiger partial charge in [0.25, 0.3) is 0 Å².